The van der Waals surface area contributed by atoms with Gasteiger partial charge in [-0.1, -0.05) is 23.7 Å². The molecular formula is C17H19ClN4O5. The van der Waals surface area contributed by atoms with Crippen LogP contribution in [0.15, 0.2) is 24.3 Å². The van der Waals surface area contributed by atoms with E-state index in [9.17, 15) is 19.7 Å². The van der Waals surface area contributed by atoms with Crippen LogP contribution in [0.25, 0.3) is 0 Å². The second-order valence-corrected chi connectivity index (χ2v) is 6.38. The highest BCUT2D eigenvalue weighted by Gasteiger charge is 2.23. The Morgan fingerprint density at radius 1 is 1.41 bits per heavy atom. The van der Waals surface area contributed by atoms with Gasteiger partial charge >= 0.3 is 11.7 Å². The Kier molecular flexibility index (Phi) is 6.51. The van der Waals surface area contributed by atoms with E-state index in [1.807, 2.05) is 6.07 Å². The lowest BCUT2D eigenvalue weighted by atomic mass is 10.1. The second-order valence-electron chi connectivity index (χ2n) is 5.94. The van der Waals surface area contributed by atoms with Crippen molar-refractivity contribution >= 4 is 29.2 Å². The molecule has 0 saturated heterocycles. The van der Waals surface area contributed by atoms with Gasteiger partial charge in [0.25, 0.3) is 5.91 Å². The quantitative estimate of drug-likeness (QED) is 0.438. The molecule has 0 bridgehead atoms. The van der Waals surface area contributed by atoms with E-state index >= 15 is 0 Å². The van der Waals surface area contributed by atoms with E-state index in [0.717, 1.165) is 5.56 Å². The van der Waals surface area contributed by atoms with Gasteiger partial charge in [0.2, 0.25) is 0 Å². The largest absolute Gasteiger partial charge is 0.454 e. The number of aromatic nitrogens is 2. The van der Waals surface area contributed by atoms with Gasteiger partial charge in [0.1, 0.15) is 17.9 Å². The van der Waals surface area contributed by atoms with Crippen LogP contribution in [0.1, 0.15) is 29.9 Å². The number of aryl methyl sites for hydroxylation is 1. The molecule has 0 fully saturated rings. The molecule has 1 N–H and O–H groups in total. The van der Waals surface area contributed by atoms with Crippen LogP contribution in [0.2, 0.25) is 5.02 Å². The summed E-state index contributed by atoms with van der Waals surface area (Å²) in [4.78, 5) is 34.3. The number of hydrogen-bond donors (Lipinski definition) is 1. The first-order chi connectivity index (χ1) is 12.7. The van der Waals surface area contributed by atoms with E-state index in [1.165, 1.54) is 18.5 Å². The Hall–Kier alpha value is -2.94. The van der Waals surface area contributed by atoms with Gasteiger partial charge in [0, 0.05) is 5.02 Å². The molecule has 0 saturated carbocycles. The first kappa shape index (κ1) is 20.4. The van der Waals surface area contributed by atoms with E-state index in [2.05, 4.69) is 10.4 Å². The van der Waals surface area contributed by atoms with E-state index < -0.39 is 23.4 Å². The highest BCUT2D eigenvalue weighted by molar-refractivity contribution is 6.30. The summed E-state index contributed by atoms with van der Waals surface area (Å²) in [7, 11) is 0. The Bertz CT molecular complexity index is 880. The number of esters is 1. The van der Waals surface area contributed by atoms with Crippen LogP contribution >= 0.6 is 11.6 Å². The average Bonchev–Trinajstić information content (AvgIpc) is 2.86. The van der Waals surface area contributed by atoms with E-state index in [1.54, 1.807) is 25.1 Å². The third kappa shape index (κ3) is 5.27. The summed E-state index contributed by atoms with van der Waals surface area (Å²) in [6, 6.07) is 6.74. The van der Waals surface area contributed by atoms with Crippen LogP contribution in [0, 0.1) is 24.0 Å². The summed E-state index contributed by atoms with van der Waals surface area (Å²) in [6.45, 7) is 3.96. The zero-order valence-corrected chi connectivity index (χ0v) is 15.8. The van der Waals surface area contributed by atoms with Crippen molar-refractivity contribution in [2.75, 3.05) is 6.61 Å². The maximum atomic E-state index is 12.0. The summed E-state index contributed by atoms with van der Waals surface area (Å²) < 4.78 is 6.11. The Morgan fingerprint density at radius 2 is 2.11 bits per heavy atom. The molecule has 144 valence electrons. The summed E-state index contributed by atoms with van der Waals surface area (Å²) >= 11 is 5.92. The van der Waals surface area contributed by atoms with Gasteiger partial charge < -0.3 is 10.1 Å². The van der Waals surface area contributed by atoms with Crippen molar-refractivity contribution in [3.05, 3.63) is 56.4 Å². The van der Waals surface area contributed by atoms with Crippen molar-refractivity contribution in [3.8, 4) is 0 Å². The van der Waals surface area contributed by atoms with Crippen LogP contribution < -0.4 is 5.32 Å². The van der Waals surface area contributed by atoms with Gasteiger partial charge in [-0.2, -0.15) is 5.10 Å². The molecule has 0 unspecified atom stereocenters. The molecule has 1 aromatic carbocycles. The number of halogens is 1. The van der Waals surface area contributed by atoms with E-state index in [-0.39, 0.29) is 29.7 Å². The minimum absolute atomic E-state index is 0.143. The molecule has 9 nitrogen and oxygen atoms in total. The Morgan fingerprint density at radius 3 is 2.70 bits per heavy atom. The fourth-order valence-electron chi connectivity index (χ4n) is 2.56. The maximum Gasteiger partial charge on any atom is 0.328 e. The zero-order chi connectivity index (χ0) is 20.1. The topological polar surface area (TPSA) is 116 Å². The molecule has 2 rings (SSSR count). The maximum absolute atomic E-state index is 12.0. The minimum Gasteiger partial charge on any atom is -0.454 e. The second kappa shape index (κ2) is 8.63. The van der Waals surface area contributed by atoms with Crippen LogP contribution in [-0.2, 0) is 20.9 Å². The molecule has 0 spiro atoms. The van der Waals surface area contributed by atoms with Gasteiger partial charge in [-0.05, 0) is 38.5 Å². The fraction of sp³-hybridized carbons (Fsp3) is 0.353. The summed E-state index contributed by atoms with van der Waals surface area (Å²) in [6.07, 6.45) is 0. The Balaban J connectivity index is 1.87. The number of carbonyl (C=O) groups excluding carboxylic acids is 2. The Labute approximate surface area is 160 Å². The number of nitrogens with zero attached hydrogens (tertiary/aromatic N) is 3. The van der Waals surface area contributed by atoms with Gasteiger partial charge in [-0.25, -0.2) is 0 Å². The first-order valence-corrected chi connectivity index (χ1v) is 8.45. The standard InChI is InChI=1S/C17H19ClN4O5/c1-10(13-5-4-6-14(18)7-13)19-15(23)9-27-16(24)8-21-12(3)17(22(25)26)11(2)20-21/h4-7,10H,8-9H2,1-3H3,(H,19,23)/t10-/m1/s1. The number of benzene rings is 1. The molecular weight excluding hydrogens is 376 g/mol. The SMILES string of the molecule is Cc1nn(CC(=O)OCC(=O)N[C@H](C)c2cccc(Cl)c2)c(C)c1[N+](=O)[O-]. The molecule has 0 radical (unpaired) electrons. The van der Waals surface area contributed by atoms with E-state index in [4.69, 9.17) is 16.3 Å². The lowest BCUT2D eigenvalue weighted by Crippen LogP contribution is -2.31. The van der Waals surface area contributed by atoms with Gasteiger partial charge in [-0.15, -0.1) is 0 Å². The van der Waals surface area contributed by atoms with Crippen LogP contribution in [0.3, 0.4) is 0 Å². The number of ether oxygens (including phenoxy) is 1. The molecule has 0 aliphatic carbocycles. The predicted octanol–water partition coefficient (Wildman–Crippen LogP) is 2.48. The van der Waals surface area contributed by atoms with Crippen molar-refractivity contribution in [1.82, 2.24) is 15.1 Å². The van der Waals surface area contributed by atoms with Crippen molar-refractivity contribution in [2.24, 2.45) is 0 Å². The molecule has 1 aromatic heterocycles. The molecule has 1 heterocycles. The van der Waals surface area contributed by atoms with Crippen LogP contribution in [0.4, 0.5) is 5.69 Å². The van der Waals surface area contributed by atoms with Crippen LogP contribution in [-0.4, -0.2) is 33.2 Å². The molecule has 1 amide bonds. The number of nitrogens with one attached hydrogen (secondary N) is 1. The average molecular weight is 395 g/mol. The number of amides is 1. The van der Waals surface area contributed by atoms with E-state index in [0.29, 0.717) is 5.02 Å². The fourth-order valence-corrected chi connectivity index (χ4v) is 2.76. The van der Waals surface area contributed by atoms with Crippen molar-refractivity contribution in [2.45, 2.75) is 33.4 Å². The molecule has 10 heteroatoms. The molecule has 0 aliphatic rings. The number of nitro groups is 1. The highest BCUT2D eigenvalue weighted by atomic mass is 35.5. The zero-order valence-electron chi connectivity index (χ0n) is 15.1. The minimum atomic E-state index is -0.721. The summed E-state index contributed by atoms with van der Waals surface area (Å²) in [5.74, 6) is -1.20. The third-order valence-electron chi connectivity index (χ3n) is 3.90. The normalized spacial score (nSPS) is 11.7. The van der Waals surface area contributed by atoms with Crippen LogP contribution in [0.5, 0.6) is 0 Å². The molecule has 27 heavy (non-hydrogen) atoms. The summed E-state index contributed by atoms with van der Waals surface area (Å²) in [5.41, 5.74) is 1.12. The monoisotopic (exact) mass is 394 g/mol. The third-order valence-corrected chi connectivity index (χ3v) is 4.13. The molecule has 1 atom stereocenters. The first-order valence-electron chi connectivity index (χ1n) is 8.08. The smallest absolute Gasteiger partial charge is 0.328 e. The van der Waals surface area contributed by atoms with Gasteiger partial charge in [0.15, 0.2) is 6.61 Å². The number of carbonyl (C=O) groups is 2. The number of rotatable bonds is 7. The van der Waals surface area contributed by atoms with Gasteiger partial charge in [0.05, 0.1) is 11.0 Å². The van der Waals surface area contributed by atoms with Gasteiger partial charge in [-0.3, -0.25) is 24.4 Å². The van der Waals surface area contributed by atoms with Crippen molar-refractivity contribution in [3.63, 3.8) is 0 Å². The number of hydrogen-bond acceptors (Lipinski definition) is 6. The highest BCUT2D eigenvalue weighted by Crippen LogP contribution is 2.21. The lowest BCUT2D eigenvalue weighted by Gasteiger charge is -2.14. The molecule has 0 aliphatic heterocycles. The van der Waals surface area contributed by atoms with Crippen molar-refractivity contribution < 1.29 is 19.2 Å². The lowest BCUT2D eigenvalue weighted by molar-refractivity contribution is -0.386. The summed E-state index contributed by atoms with van der Waals surface area (Å²) in [5, 5.41) is 18.2. The predicted molar refractivity (Wildman–Crippen MR) is 97.3 cm³/mol. The van der Waals surface area contributed by atoms with Crippen molar-refractivity contribution in [1.29, 1.82) is 0 Å². The molecule has 2 aromatic rings.